The average molecular weight is 1000 g/mol. The van der Waals surface area contributed by atoms with E-state index in [2.05, 4.69) is 77.8 Å². The van der Waals surface area contributed by atoms with Crippen LogP contribution in [0, 0.1) is 25.2 Å². The van der Waals surface area contributed by atoms with Crippen LogP contribution in [0.25, 0.3) is 0 Å². The first kappa shape index (κ1) is 53.5. The average Bonchev–Trinajstić information content (AvgIpc) is 3.83. The number of hydrogen-bond acceptors (Lipinski definition) is 13. The summed E-state index contributed by atoms with van der Waals surface area (Å²) in [6.45, 7) is 26.9. The molecule has 2 aromatic heterocycles. The summed E-state index contributed by atoms with van der Waals surface area (Å²) in [6.07, 6.45) is 1.32. The molecule has 2 saturated heterocycles. The Morgan fingerprint density at radius 1 is 0.768 bits per heavy atom. The summed E-state index contributed by atoms with van der Waals surface area (Å²) in [6, 6.07) is 21.8. The summed E-state index contributed by atoms with van der Waals surface area (Å²) >= 11 is 0. The monoisotopic (exact) mass is 1000 g/mol. The second kappa shape index (κ2) is 20.5. The van der Waals surface area contributed by atoms with Crippen molar-refractivity contribution in [2.45, 2.75) is 134 Å². The number of nitrogens with zero attached hydrogens (tertiary/aromatic N) is 3. The maximum atomic E-state index is 15.5. The zero-order valence-electron chi connectivity index (χ0n) is 41.2. The van der Waals surface area contributed by atoms with Crippen LogP contribution in [0.4, 0.5) is 0 Å². The molecule has 372 valence electrons. The van der Waals surface area contributed by atoms with Crippen LogP contribution in [-0.4, -0.2) is 79.0 Å². The highest BCUT2D eigenvalue weighted by atomic mass is 31.2. The molecule has 2 aromatic carbocycles. The van der Waals surface area contributed by atoms with Crippen molar-refractivity contribution in [1.29, 1.82) is 5.26 Å². The lowest BCUT2D eigenvalue weighted by Gasteiger charge is -2.45. The van der Waals surface area contributed by atoms with E-state index in [1.807, 2.05) is 66.7 Å². The SMILES string of the molecule is C=C[C@]1(COP(=O)(OCCC#N)O[C@H]2C[C@H](n3cc(C)c(=O)[nH]c3=O)O[C@]2(C=C)CO[Si](c2ccccc2)(c2ccccc2)C(C)(C)C)O[C@@H](n2cc(C)c(=O)[nH]c2=O)C[C@@H]1O[Si](C)(C)C(C)(C)C. The first-order valence-electron chi connectivity index (χ1n) is 22.9. The van der Waals surface area contributed by atoms with Gasteiger partial charge in [0.15, 0.2) is 8.32 Å². The molecule has 2 aliphatic rings. The molecular formula is C49H66N5O12PSi2. The number of benzene rings is 2. The second-order valence-corrected chi connectivity index (χ2v) is 31.0. The van der Waals surface area contributed by atoms with Crippen molar-refractivity contribution in [2.24, 2.45) is 0 Å². The van der Waals surface area contributed by atoms with Crippen LogP contribution in [0.2, 0.25) is 23.2 Å². The minimum absolute atomic E-state index is 0.109. The standard InChI is InChI=1S/C49H66N5O12PSi2/c1-13-48(39(66-68(11,12)46(5,6)7)29-41(63-48)54-31-35(4)43(56)52-45(54)58)32-61-67(59,60-27-21-26-50)65-38-28-40(53-30-34(3)42(55)51-44(53)57)64-49(38,14-2)33-62-69(47(8,9)10,36-22-17-15-18-23-36)37-24-19-16-20-25-37/h13-20,22-25,30-31,38-41H,1-2,21,27-29,32-33H2,3-12H3,(H,51,55,57)(H,52,56,58)/t38-,39-,40+,41+,48+,49+,67?/m0/s1. The van der Waals surface area contributed by atoms with Gasteiger partial charge in [0, 0.05) is 36.4 Å². The van der Waals surface area contributed by atoms with Crippen molar-refractivity contribution in [1.82, 2.24) is 19.1 Å². The van der Waals surface area contributed by atoms with Crippen LogP contribution in [0.5, 0.6) is 0 Å². The minimum Gasteiger partial charge on any atom is -0.410 e. The Morgan fingerprint density at radius 2 is 1.23 bits per heavy atom. The molecule has 0 aliphatic carbocycles. The van der Waals surface area contributed by atoms with E-state index >= 15 is 4.57 Å². The van der Waals surface area contributed by atoms with Crippen LogP contribution < -0.4 is 32.9 Å². The van der Waals surface area contributed by atoms with Gasteiger partial charge in [0.1, 0.15) is 29.8 Å². The smallest absolute Gasteiger partial charge is 0.410 e. The van der Waals surface area contributed by atoms with Crippen molar-refractivity contribution < 1.29 is 36.5 Å². The van der Waals surface area contributed by atoms with E-state index < -0.39 is 94.5 Å². The zero-order chi connectivity index (χ0) is 50.8. The summed E-state index contributed by atoms with van der Waals surface area (Å²) < 4.78 is 64.7. The molecule has 17 nitrogen and oxygen atoms in total. The molecule has 20 heteroatoms. The topological polar surface area (TPSA) is 215 Å². The van der Waals surface area contributed by atoms with Crippen molar-refractivity contribution in [3.8, 4) is 6.07 Å². The predicted molar refractivity (Wildman–Crippen MR) is 268 cm³/mol. The number of ether oxygens (including phenoxy) is 2. The van der Waals surface area contributed by atoms with E-state index in [4.69, 9.17) is 31.9 Å². The Kier molecular flexibility index (Phi) is 15.9. The number of hydrogen-bond donors (Lipinski definition) is 2. The molecule has 69 heavy (non-hydrogen) atoms. The van der Waals surface area contributed by atoms with E-state index in [0.29, 0.717) is 0 Å². The van der Waals surface area contributed by atoms with Crippen LogP contribution in [-0.2, 0) is 36.5 Å². The van der Waals surface area contributed by atoms with Crippen molar-refractivity contribution in [3.05, 3.63) is 151 Å². The molecule has 0 radical (unpaired) electrons. The van der Waals surface area contributed by atoms with Gasteiger partial charge in [-0.05, 0) is 47.4 Å². The van der Waals surface area contributed by atoms with Gasteiger partial charge in [0.2, 0.25) is 0 Å². The van der Waals surface area contributed by atoms with Gasteiger partial charge >= 0.3 is 19.2 Å². The van der Waals surface area contributed by atoms with Crippen molar-refractivity contribution in [2.75, 3.05) is 19.8 Å². The van der Waals surface area contributed by atoms with Crippen LogP contribution in [0.1, 0.15) is 84.4 Å². The molecule has 0 bridgehead atoms. The molecule has 7 atom stereocenters. The van der Waals surface area contributed by atoms with Gasteiger partial charge in [-0.2, -0.15) is 5.26 Å². The summed E-state index contributed by atoms with van der Waals surface area (Å²) in [5.74, 6) is 0. The highest BCUT2D eigenvalue weighted by Crippen LogP contribution is 2.57. The molecular weight excluding hydrogens is 938 g/mol. The lowest BCUT2D eigenvalue weighted by atomic mass is 9.98. The number of aromatic amines is 2. The first-order chi connectivity index (χ1) is 32.3. The Morgan fingerprint density at radius 3 is 1.67 bits per heavy atom. The van der Waals surface area contributed by atoms with Gasteiger partial charge in [-0.3, -0.25) is 42.3 Å². The third-order valence-corrected chi connectivity index (χ3v) is 24.5. The number of nitriles is 1. The number of H-pyrrole nitrogens is 2. The summed E-state index contributed by atoms with van der Waals surface area (Å²) in [5, 5.41) is 10.8. The highest BCUT2D eigenvalue weighted by molar-refractivity contribution is 7.48. The number of aryl methyl sites for hydroxylation is 2. The molecule has 2 aliphatic heterocycles. The van der Waals surface area contributed by atoms with Gasteiger partial charge in [-0.15, -0.1) is 13.2 Å². The normalized spacial score (nSPS) is 24.1. The molecule has 4 heterocycles. The fourth-order valence-electron chi connectivity index (χ4n) is 8.62. The molecule has 4 aromatic rings. The number of phosphoric ester groups is 1. The van der Waals surface area contributed by atoms with E-state index in [1.165, 1.54) is 33.7 Å². The van der Waals surface area contributed by atoms with E-state index in [9.17, 15) is 24.4 Å². The third-order valence-electron chi connectivity index (χ3n) is 13.6. The first-order valence-corrected chi connectivity index (χ1v) is 29.2. The largest absolute Gasteiger partial charge is 0.475 e. The maximum absolute atomic E-state index is 15.5. The lowest BCUT2D eigenvalue weighted by Crippen LogP contribution is -2.68. The molecule has 0 spiro atoms. The third kappa shape index (κ3) is 10.9. The second-order valence-electron chi connectivity index (χ2n) is 20.3. The zero-order valence-corrected chi connectivity index (χ0v) is 44.1. The van der Waals surface area contributed by atoms with E-state index in [-0.39, 0.29) is 48.6 Å². The molecule has 0 saturated carbocycles. The minimum atomic E-state index is -4.84. The molecule has 2 N–H and O–H groups in total. The Hall–Kier alpha value is -4.85. The van der Waals surface area contributed by atoms with Crippen LogP contribution in [0.15, 0.2) is 118 Å². The van der Waals surface area contributed by atoms with Crippen LogP contribution >= 0.6 is 7.82 Å². The number of nitrogens with one attached hydrogen (secondary N) is 2. The van der Waals surface area contributed by atoms with Gasteiger partial charge < -0.3 is 18.3 Å². The Balaban J connectivity index is 1.45. The lowest BCUT2D eigenvalue weighted by molar-refractivity contribution is -0.106. The Labute approximate surface area is 404 Å². The fourth-order valence-corrected chi connectivity index (χ4v) is 16.0. The maximum Gasteiger partial charge on any atom is 0.475 e. The van der Waals surface area contributed by atoms with Gasteiger partial charge in [0.25, 0.3) is 19.4 Å². The van der Waals surface area contributed by atoms with E-state index in [1.54, 1.807) is 13.8 Å². The van der Waals surface area contributed by atoms with Crippen molar-refractivity contribution >= 4 is 34.8 Å². The summed E-state index contributed by atoms with van der Waals surface area (Å²) in [4.78, 5) is 56.4. The highest BCUT2D eigenvalue weighted by Gasteiger charge is 2.58. The number of aromatic nitrogens is 4. The predicted octanol–water partition coefficient (Wildman–Crippen LogP) is 6.80. The molecule has 2 fully saturated rings. The summed E-state index contributed by atoms with van der Waals surface area (Å²) in [5.41, 5.74) is -5.30. The van der Waals surface area contributed by atoms with Gasteiger partial charge in [0.05, 0.1) is 38.4 Å². The summed E-state index contributed by atoms with van der Waals surface area (Å²) in [7, 11) is -10.8. The van der Waals surface area contributed by atoms with Gasteiger partial charge in [-0.1, -0.05) is 114 Å². The molecule has 0 amide bonds. The Bertz CT molecular complexity index is 2790. The van der Waals surface area contributed by atoms with Crippen molar-refractivity contribution in [3.63, 3.8) is 0 Å². The van der Waals surface area contributed by atoms with Crippen LogP contribution in [0.3, 0.4) is 0 Å². The quantitative estimate of drug-likeness (QED) is 0.0429. The number of rotatable bonds is 19. The molecule has 1 unspecified atom stereocenters. The fraction of sp³-hybridized carbons (Fsp3) is 0.490. The van der Waals surface area contributed by atoms with E-state index in [0.717, 1.165) is 10.4 Å². The number of phosphoric acid groups is 1. The molecule has 6 rings (SSSR count). The van der Waals surface area contributed by atoms with Gasteiger partial charge in [-0.25, -0.2) is 14.2 Å².